The lowest BCUT2D eigenvalue weighted by Crippen LogP contribution is -2.22. The Balaban J connectivity index is 1.84. The van der Waals surface area contributed by atoms with Crippen molar-refractivity contribution in [3.05, 3.63) is 54.1 Å². The summed E-state index contributed by atoms with van der Waals surface area (Å²) < 4.78 is 4.94. The second-order valence-corrected chi connectivity index (χ2v) is 6.43. The number of carbonyl (C=O) groups is 1. The van der Waals surface area contributed by atoms with Crippen LogP contribution in [0.4, 0.5) is 0 Å². The van der Waals surface area contributed by atoms with Crippen molar-refractivity contribution < 1.29 is 9.53 Å². The molecule has 0 atom stereocenters. The minimum atomic E-state index is -0.380. The van der Waals surface area contributed by atoms with E-state index >= 15 is 0 Å². The number of methoxy groups -OCH3 is 1. The van der Waals surface area contributed by atoms with Gasteiger partial charge >= 0.3 is 5.97 Å². The molecule has 0 amide bonds. The first-order valence-electron chi connectivity index (χ1n) is 7.86. The molecule has 1 aliphatic rings. The van der Waals surface area contributed by atoms with Crippen LogP contribution in [0.5, 0.6) is 0 Å². The largest absolute Gasteiger partial charge is 0.468 e. The van der Waals surface area contributed by atoms with Crippen molar-refractivity contribution in [2.45, 2.75) is 31.9 Å². The molecule has 2 nitrogen and oxygen atoms in total. The predicted molar refractivity (Wildman–Crippen MR) is 91.9 cm³/mol. The third-order valence-corrected chi connectivity index (χ3v) is 4.67. The van der Waals surface area contributed by atoms with Crippen molar-refractivity contribution in [3.63, 3.8) is 0 Å². The number of rotatable bonds is 4. The highest BCUT2D eigenvalue weighted by molar-refractivity contribution is 6.70. The molecule has 0 unspecified atom stereocenters. The third kappa shape index (κ3) is 2.56. The molecule has 2 aromatic rings. The molecule has 3 heteroatoms. The first kappa shape index (κ1) is 14.9. The molecule has 1 aliphatic carbocycles. The molecule has 0 aliphatic heterocycles. The van der Waals surface area contributed by atoms with Crippen LogP contribution in [0.3, 0.4) is 0 Å². The SMILES string of the molecule is COC(=O)C1(c2ccc(-c3ccc(B(C)C)cc3)cc2)CC1. The van der Waals surface area contributed by atoms with Gasteiger partial charge in [-0.1, -0.05) is 67.6 Å². The molecule has 1 saturated carbocycles. The van der Waals surface area contributed by atoms with Crippen LogP contribution in [0, 0.1) is 0 Å². The van der Waals surface area contributed by atoms with Crippen LogP contribution in [-0.4, -0.2) is 19.8 Å². The van der Waals surface area contributed by atoms with E-state index in [9.17, 15) is 4.79 Å². The number of carbonyl (C=O) groups excluding carboxylic acids is 1. The summed E-state index contributed by atoms with van der Waals surface area (Å²) in [6.07, 6.45) is 1.78. The van der Waals surface area contributed by atoms with Gasteiger partial charge in [0, 0.05) is 0 Å². The van der Waals surface area contributed by atoms with Crippen LogP contribution in [0.1, 0.15) is 18.4 Å². The Morgan fingerprint density at radius 3 is 1.86 bits per heavy atom. The van der Waals surface area contributed by atoms with Gasteiger partial charge in [0.05, 0.1) is 12.5 Å². The number of hydrogen-bond acceptors (Lipinski definition) is 2. The van der Waals surface area contributed by atoms with E-state index in [1.54, 1.807) is 0 Å². The maximum atomic E-state index is 11.9. The highest BCUT2D eigenvalue weighted by atomic mass is 16.5. The zero-order valence-corrected chi connectivity index (χ0v) is 13.4. The Bertz CT molecular complexity index is 668. The maximum absolute atomic E-state index is 11.9. The van der Waals surface area contributed by atoms with Crippen LogP contribution >= 0.6 is 0 Å². The van der Waals surface area contributed by atoms with E-state index in [0.29, 0.717) is 6.71 Å². The summed E-state index contributed by atoms with van der Waals surface area (Å²) in [6.45, 7) is 4.95. The van der Waals surface area contributed by atoms with Crippen molar-refractivity contribution >= 4 is 18.1 Å². The van der Waals surface area contributed by atoms with Crippen molar-refractivity contribution in [2.24, 2.45) is 0 Å². The van der Waals surface area contributed by atoms with E-state index in [1.807, 2.05) is 0 Å². The van der Waals surface area contributed by atoms with E-state index in [0.717, 1.165) is 18.4 Å². The molecule has 0 radical (unpaired) electrons. The van der Waals surface area contributed by atoms with Crippen LogP contribution in [0.2, 0.25) is 13.6 Å². The van der Waals surface area contributed by atoms with Crippen molar-refractivity contribution in [2.75, 3.05) is 7.11 Å². The van der Waals surface area contributed by atoms with Crippen molar-refractivity contribution in [3.8, 4) is 11.1 Å². The average molecular weight is 292 g/mol. The summed E-state index contributed by atoms with van der Waals surface area (Å²) in [7, 11) is 1.47. The quantitative estimate of drug-likeness (QED) is 0.636. The minimum Gasteiger partial charge on any atom is -0.468 e. The first-order chi connectivity index (χ1) is 10.6. The van der Waals surface area contributed by atoms with Gasteiger partial charge in [-0.25, -0.2) is 0 Å². The van der Waals surface area contributed by atoms with Gasteiger partial charge in [0.15, 0.2) is 6.71 Å². The van der Waals surface area contributed by atoms with E-state index in [-0.39, 0.29) is 11.4 Å². The fourth-order valence-electron chi connectivity index (χ4n) is 2.97. The lowest BCUT2D eigenvalue weighted by Gasteiger charge is -2.13. The Labute approximate surface area is 132 Å². The average Bonchev–Trinajstić information content (AvgIpc) is 3.36. The summed E-state index contributed by atoms with van der Waals surface area (Å²) in [6, 6.07) is 17.0. The molecule has 0 bridgehead atoms. The molecular formula is C19H21BO2. The third-order valence-electron chi connectivity index (χ3n) is 4.67. The molecule has 0 aromatic heterocycles. The Morgan fingerprint density at radius 2 is 1.45 bits per heavy atom. The zero-order valence-electron chi connectivity index (χ0n) is 13.4. The van der Waals surface area contributed by atoms with Crippen molar-refractivity contribution in [1.82, 2.24) is 0 Å². The van der Waals surface area contributed by atoms with Gasteiger partial charge in [0.1, 0.15) is 0 Å². The monoisotopic (exact) mass is 292 g/mol. The van der Waals surface area contributed by atoms with Gasteiger partial charge in [0.25, 0.3) is 0 Å². The van der Waals surface area contributed by atoms with Gasteiger partial charge in [-0.2, -0.15) is 0 Å². The summed E-state index contributed by atoms with van der Waals surface area (Å²) in [5.74, 6) is -0.110. The fourth-order valence-corrected chi connectivity index (χ4v) is 2.97. The Morgan fingerprint density at radius 1 is 0.955 bits per heavy atom. The zero-order chi connectivity index (χ0) is 15.7. The molecule has 3 rings (SSSR count). The van der Waals surface area contributed by atoms with E-state index < -0.39 is 0 Å². The van der Waals surface area contributed by atoms with Crippen LogP contribution < -0.4 is 5.46 Å². The van der Waals surface area contributed by atoms with Crippen LogP contribution in [0.15, 0.2) is 48.5 Å². The predicted octanol–water partition coefficient (Wildman–Crippen LogP) is 3.52. The van der Waals surface area contributed by atoms with E-state index in [1.165, 1.54) is 23.7 Å². The standard InChI is InChI=1S/C19H21BO2/c1-20(2)17-10-6-15(7-11-17)14-4-8-16(9-5-14)19(12-13-19)18(21)22-3/h4-11H,12-13H2,1-3H3. The van der Waals surface area contributed by atoms with E-state index in [2.05, 4.69) is 62.2 Å². The van der Waals surface area contributed by atoms with Crippen molar-refractivity contribution in [1.29, 1.82) is 0 Å². The Hall–Kier alpha value is -2.03. The number of benzene rings is 2. The van der Waals surface area contributed by atoms with Crippen LogP contribution in [-0.2, 0) is 14.9 Å². The lowest BCUT2D eigenvalue weighted by molar-refractivity contribution is -0.143. The second kappa shape index (κ2) is 5.64. The van der Waals surface area contributed by atoms with Gasteiger partial charge < -0.3 is 4.74 Å². The highest BCUT2D eigenvalue weighted by Crippen LogP contribution is 2.49. The first-order valence-corrected chi connectivity index (χ1v) is 7.86. The Kier molecular flexibility index (Phi) is 3.82. The highest BCUT2D eigenvalue weighted by Gasteiger charge is 2.52. The van der Waals surface area contributed by atoms with E-state index in [4.69, 9.17) is 4.74 Å². The second-order valence-electron chi connectivity index (χ2n) is 6.43. The van der Waals surface area contributed by atoms with Gasteiger partial charge in [0.2, 0.25) is 0 Å². The molecular weight excluding hydrogens is 271 g/mol. The number of esters is 1. The summed E-state index contributed by atoms with van der Waals surface area (Å²) in [5, 5.41) is 0. The molecule has 0 spiro atoms. The molecule has 0 N–H and O–H groups in total. The van der Waals surface area contributed by atoms with Gasteiger partial charge in [-0.05, 0) is 29.5 Å². The molecule has 22 heavy (non-hydrogen) atoms. The number of hydrogen-bond donors (Lipinski definition) is 0. The minimum absolute atomic E-state index is 0.110. The normalized spacial score (nSPS) is 15.2. The smallest absolute Gasteiger partial charge is 0.316 e. The summed E-state index contributed by atoms with van der Waals surface area (Å²) in [4.78, 5) is 11.9. The number of ether oxygens (including phenoxy) is 1. The molecule has 2 aromatic carbocycles. The van der Waals surface area contributed by atoms with Gasteiger partial charge in [-0.3, -0.25) is 4.79 Å². The molecule has 0 saturated heterocycles. The van der Waals surface area contributed by atoms with Gasteiger partial charge in [-0.15, -0.1) is 0 Å². The molecule has 0 heterocycles. The topological polar surface area (TPSA) is 26.3 Å². The fraction of sp³-hybridized carbons (Fsp3) is 0.316. The molecule has 1 fully saturated rings. The maximum Gasteiger partial charge on any atom is 0.316 e. The van der Waals surface area contributed by atoms with Crippen LogP contribution in [0.25, 0.3) is 11.1 Å². The molecule has 112 valence electrons. The summed E-state index contributed by atoms with van der Waals surface area (Å²) >= 11 is 0. The summed E-state index contributed by atoms with van der Waals surface area (Å²) in [5.41, 5.74) is 4.43. The lowest BCUT2D eigenvalue weighted by atomic mass is 9.49.